The topological polar surface area (TPSA) is 62.7 Å². The molecule has 2 heterocycles. The van der Waals surface area contributed by atoms with E-state index in [2.05, 4.69) is 4.98 Å². The van der Waals surface area contributed by atoms with E-state index < -0.39 is 17.8 Å². The predicted octanol–water partition coefficient (Wildman–Crippen LogP) is 4.01. The largest absolute Gasteiger partial charge is 0.486 e. The van der Waals surface area contributed by atoms with Crippen molar-refractivity contribution in [2.45, 2.75) is 45.1 Å². The standard InChI is InChI=1S/C23H25F3N2O3/c1-13-3-8-20(14(2)27-13)31-21-10-17-12-28(11-16(17)9-19(21)29)22(30)15-4-6-18(7-5-15)23(24,25)26/h3-8,16-17,19,21,29H,9-12H2,1-2H3/t16-,17+,19+,21+/m0/s1. The number of aliphatic hydroxyl groups is 1. The van der Waals surface area contributed by atoms with E-state index in [4.69, 9.17) is 4.74 Å². The first-order chi connectivity index (χ1) is 14.6. The predicted molar refractivity (Wildman–Crippen MR) is 108 cm³/mol. The van der Waals surface area contributed by atoms with E-state index in [1.54, 1.807) is 4.90 Å². The Morgan fingerprint density at radius 3 is 2.32 bits per heavy atom. The number of ether oxygens (including phenoxy) is 1. The monoisotopic (exact) mass is 434 g/mol. The molecule has 31 heavy (non-hydrogen) atoms. The van der Waals surface area contributed by atoms with E-state index in [0.29, 0.717) is 31.7 Å². The van der Waals surface area contributed by atoms with Gasteiger partial charge in [0.25, 0.3) is 5.91 Å². The van der Waals surface area contributed by atoms with Crippen LogP contribution in [-0.2, 0) is 6.18 Å². The van der Waals surface area contributed by atoms with Crippen LogP contribution in [-0.4, -0.2) is 46.2 Å². The zero-order valence-electron chi connectivity index (χ0n) is 17.4. The fourth-order valence-corrected chi connectivity index (χ4v) is 4.63. The van der Waals surface area contributed by atoms with Crippen LogP contribution < -0.4 is 4.74 Å². The van der Waals surface area contributed by atoms with Crippen LogP contribution in [0, 0.1) is 25.7 Å². The van der Waals surface area contributed by atoms with Crippen molar-refractivity contribution in [3.8, 4) is 5.75 Å². The summed E-state index contributed by atoms with van der Waals surface area (Å²) in [6, 6.07) is 8.03. The van der Waals surface area contributed by atoms with Crippen molar-refractivity contribution in [1.29, 1.82) is 0 Å². The van der Waals surface area contributed by atoms with Crippen molar-refractivity contribution in [1.82, 2.24) is 9.88 Å². The minimum Gasteiger partial charge on any atom is -0.486 e. The first-order valence-electron chi connectivity index (χ1n) is 10.4. The van der Waals surface area contributed by atoms with Crippen LogP contribution >= 0.6 is 0 Å². The van der Waals surface area contributed by atoms with Gasteiger partial charge in [0.15, 0.2) is 0 Å². The highest BCUT2D eigenvalue weighted by molar-refractivity contribution is 5.94. The second-order valence-electron chi connectivity index (χ2n) is 8.54. The average molecular weight is 434 g/mol. The summed E-state index contributed by atoms with van der Waals surface area (Å²) >= 11 is 0. The number of aryl methyl sites for hydroxylation is 2. The number of fused-ring (bicyclic) bond motifs is 1. The lowest BCUT2D eigenvalue weighted by atomic mass is 9.78. The number of carbonyl (C=O) groups is 1. The molecule has 2 aromatic rings. The molecule has 4 rings (SSSR count). The molecule has 0 unspecified atom stereocenters. The van der Waals surface area contributed by atoms with E-state index in [1.165, 1.54) is 12.1 Å². The number of nitrogens with zero attached hydrogens (tertiary/aromatic N) is 2. The molecule has 1 aromatic carbocycles. The molecule has 1 aliphatic carbocycles. The van der Waals surface area contributed by atoms with Gasteiger partial charge in [0.2, 0.25) is 0 Å². The van der Waals surface area contributed by atoms with Gasteiger partial charge in [0.1, 0.15) is 11.9 Å². The van der Waals surface area contributed by atoms with Gasteiger partial charge in [-0.3, -0.25) is 9.78 Å². The molecule has 1 N–H and O–H groups in total. The van der Waals surface area contributed by atoms with Crippen molar-refractivity contribution in [2.75, 3.05) is 13.1 Å². The van der Waals surface area contributed by atoms with Gasteiger partial charge in [-0.2, -0.15) is 13.2 Å². The third-order valence-electron chi connectivity index (χ3n) is 6.29. The Balaban J connectivity index is 1.42. The van der Waals surface area contributed by atoms with Crippen LogP contribution in [0.25, 0.3) is 0 Å². The number of rotatable bonds is 3. The van der Waals surface area contributed by atoms with Gasteiger partial charge in [-0.25, -0.2) is 0 Å². The van der Waals surface area contributed by atoms with E-state index in [-0.39, 0.29) is 29.4 Å². The first-order valence-corrected chi connectivity index (χ1v) is 10.4. The van der Waals surface area contributed by atoms with Gasteiger partial charge >= 0.3 is 6.18 Å². The average Bonchev–Trinajstić information content (AvgIpc) is 3.11. The number of pyridine rings is 1. The second-order valence-corrected chi connectivity index (χ2v) is 8.54. The molecule has 1 saturated carbocycles. The molecule has 0 radical (unpaired) electrons. The lowest BCUT2D eigenvalue weighted by Crippen LogP contribution is -2.42. The van der Waals surface area contributed by atoms with Gasteiger partial charge in [0.05, 0.1) is 17.4 Å². The fourth-order valence-electron chi connectivity index (χ4n) is 4.63. The SMILES string of the molecule is Cc1ccc(O[C@@H]2C[C@@H]3CN(C(=O)c4ccc(C(F)(F)F)cc4)C[C@@H]3C[C@H]2O)c(C)n1. The molecule has 0 bridgehead atoms. The normalized spacial score (nSPS) is 25.9. The molecular formula is C23H25F3N2O3. The molecule has 0 spiro atoms. The Hall–Kier alpha value is -2.61. The van der Waals surface area contributed by atoms with Crippen LogP contribution in [0.5, 0.6) is 5.75 Å². The molecule has 4 atom stereocenters. The number of carbonyl (C=O) groups excluding carboxylic acids is 1. The Bertz CT molecular complexity index is 962. The maximum absolute atomic E-state index is 12.8. The lowest BCUT2D eigenvalue weighted by molar-refractivity contribution is -0.137. The number of hydrogen-bond acceptors (Lipinski definition) is 4. The Morgan fingerprint density at radius 1 is 1.06 bits per heavy atom. The third-order valence-corrected chi connectivity index (χ3v) is 6.29. The fraction of sp³-hybridized carbons (Fsp3) is 0.478. The van der Waals surface area contributed by atoms with E-state index in [0.717, 1.165) is 23.5 Å². The lowest BCUT2D eigenvalue weighted by Gasteiger charge is -2.35. The van der Waals surface area contributed by atoms with Crippen LogP contribution in [0.1, 0.15) is 40.2 Å². The Morgan fingerprint density at radius 2 is 1.71 bits per heavy atom. The van der Waals surface area contributed by atoms with Crippen molar-refractivity contribution < 1.29 is 27.8 Å². The second kappa shape index (κ2) is 8.15. The zero-order chi connectivity index (χ0) is 22.3. The molecule has 1 aromatic heterocycles. The molecule has 2 aliphatic rings. The number of benzene rings is 1. The molecule has 2 fully saturated rings. The Kier molecular flexibility index (Phi) is 5.68. The summed E-state index contributed by atoms with van der Waals surface area (Å²) in [5, 5.41) is 10.6. The van der Waals surface area contributed by atoms with Gasteiger partial charge in [-0.15, -0.1) is 0 Å². The molecular weight excluding hydrogens is 409 g/mol. The number of aromatic nitrogens is 1. The molecule has 1 aliphatic heterocycles. The summed E-state index contributed by atoms with van der Waals surface area (Å²) in [5.74, 6) is 0.674. The number of amides is 1. The highest BCUT2D eigenvalue weighted by Gasteiger charge is 2.44. The zero-order valence-corrected chi connectivity index (χ0v) is 17.4. The van der Waals surface area contributed by atoms with Crippen molar-refractivity contribution in [2.24, 2.45) is 11.8 Å². The van der Waals surface area contributed by atoms with E-state index in [1.807, 2.05) is 26.0 Å². The van der Waals surface area contributed by atoms with Crippen LogP contribution in [0.15, 0.2) is 36.4 Å². The van der Waals surface area contributed by atoms with E-state index >= 15 is 0 Å². The third kappa shape index (κ3) is 4.54. The highest BCUT2D eigenvalue weighted by Crippen LogP contribution is 2.39. The van der Waals surface area contributed by atoms with Crippen molar-refractivity contribution >= 4 is 5.91 Å². The maximum Gasteiger partial charge on any atom is 0.416 e. The minimum absolute atomic E-state index is 0.144. The molecule has 5 nitrogen and oxygen atoms in total. The number of halogens is 3. The highest BCUT2D eigenvalue weighted by atomic mass is 19.4. The summed E-state index contributed by atoms with van der Waals surface area (Å²) in [7, 11) is 0. The quantitative estimate of drug-likeness (QED) is 0.793. The van der Waals surface area contributed by atoms with Gasteiger partial charge in [-0.1, -0.05) is 0 Å². The molecule has 1 amide bonds. The van der Waals surface area contributed by atoms with Gasteiger partial charge in [0, 0.05) is 24.3 Å². The molecule has 1 saturated heterocycles. The van der Waals surface area contributed by atoms with Gasteiger partial charge in [-0.05, 0) is 74.9 Å². The molecule has 8 heteroatoms. The minimum atomic E-state index is -4.43. The number of hydrogen-bond donors (Lipinski definition) is 1. The van der Waals surface area contributed by atoms with Crippen LogP contribution in [0.2, 0.25) is 0 Å². The summed E-state index contributed by atoms with van der Waals surface area (Å²) in [6.07, 6.45) is -4.34. The Labute approximate surface area is 178 Å². The van der Waals surface area contributed by atoms with Crippen molar-refractivity contribution in [3.05, 3.63) is 58.9 Å². The maximum atomic E-state index is 12.8. The van der Waals surface area contributed by atoms with Crippen LogP contribution in [0.3, 0.4) is 0 Å². The summed E-state index contributed by atoms with van der Waals surface area (Å²) in [4.78, 5) is 18.9. The first kappa shape index (κ1) is 21.6. The summed E-state index contributed by atoms with van der Waals surface area (Å²) in [6.45, 7) is 4.75. The van der Waals surface area contributed by atoms with Crippen molar-refractivity contribution in [3.63, 3.8) is 0 Å². The summed E-state index contributed by atoms with van der Waals surface area (Å²) < 4.78 is 44.4. The smallest absolute Gasteiger partial charge is 0.416 e. The molecule has 166 valence electrons. The number of likely N-dealkylation sites (tertiary alicyclic amines) is 1. The number of alkyl halides is 3. The number of aliphatic hydroxyl groups excluding tert-OH is 1. The van der Waals surface area contributed by atoms with Crippen LogP contribution in [0.4, 0.5) is 13.2 Å². The van der Waals surface area contributed by atoms with Gasteiger partial charge < -0.3 is 14.7 Å². The van der Waals surface area contributed by atoms with E-state index in [9.17, 15) is 23.1 Å². The summed E-state index contributed by atoms with van der Waals surface area (Å²) in [5.41, 5.74) is 1.12.